The number of carbonyl (C=O) groups is 1. The summed E-state index contributed by atoms with van der Waals surface area (Å²) in [5, 5.41) is 20.0. The van der Waals surface area contributed by atoms with Gasteiger partial charge in [-0.15, -0.1) is 0 Å². The minimum absolute atomic E-state index is 0.153. The molecule has 2 aromatic heterocycles. The van der Waals surface area contributed by atoms with Crippen molar-refractivity contribution in [3.63, 3.8) is 0 Å². The van der Waals surface area contributed by atoms with Crippen molar-refractivity contribution in [3.8, 4) is 17.7 Å². The number of aromatic nitrogens is 1. The van der Waals surface area contributed by atoms with Crippen LogP contribution in [-0.4, -0.2) is 26.2 Å². The van der Waals surface area contributed by atoms with Crippen molar-refractivity contribution in [1.29, 1.82) is 5.26 Å². The number of pyridine rings is 1. The fraction of sp³-hybridized carbons (Fsp3) is 0.0952. The zero-order valence-electron chi connectivity index (χ0n) is 16.9. The summed E-state index contributed by atoms with van der Waals surface area (Å²) >= 11 is 0. The van der Waals surface area contributed by atoms with Gasteiger partial charge in [-0.3, -0.25) is 14.9 Å². The number of ketones is 1. The monoisotopic (exact) mass is 452 g/mol. The first kappa shape index (κ1) is 22.4. The van der Waals surface area contributed by atoms with Crippen LogP contribution in [0.5, 0.6) is 11.6 Å². The molecule has 1 atom stereocenters. The zero-order chi connectivity index (χ0) is 23.3. The average Bonchev–Trinajstić information content (AvgIpc) is 3.20. The molecule has 0 aliphatic carbocycles. The molecule has 0 radical (unpaired) electrons. The topological polar surface area (TPSA) is 149 Å². The third-order valence-electron chi connectivity index (χ3n) is 4.27. The van der Waals surface area contributed by atoms with E-state index in [-0.39, 0.29) is 22.7 Å². The summed E-state index contributed by atoms with van der Waals surface area (Å²) < 4.78 is 27.5. The number of hydrogen-bond acceptors (Lipinski definition) is 9. The Balaban J connectivity index is 1.79. The van der Waals surface area contributed by atoms with Crippen molar-refractivity contribution in [1.82, 2.24) is 4.98 Å². The fourth-order valence-corrected chi connectivity index (χ4v) is 3.61. The number of aryl methyl sites for hydroxylation is 1. The second kappa shape index (κ2) is 9.23. The zero-order valence-corrected chi connectivity index (χ0v) is 17.7. The Morgan fingerprint density at radius 3 is 2.53 bits per heavy atom. The molecule has 3 rings (SSSR count). The lowest BCUT2D eigenvalue weighted by atomic mass is 10.1. The van der Waals surface area contributed by atoms with Gasteiger partial charge in [-0.2, -0.15) is 5.26 Å². The van der Waals surface area contributed by atoms with Crippen LogP contribution in [0.4, 0.5) is 5.69 Å². The maximum absolute atomic E-state index is 13.0. The number of benzene rings is 1. The number of rotatable bonds is 7. The highest BCUT2D eigenvalue weighted by Crippen LogP contribution is 2.23. The van der Waals surface area contributed by atoms with Crippen LogP contribution in [-0.2, 0) is 9.73 Å². The summed E-state index contributed by atoms with van der Waals surface area (Å²) in [5.74, 6) is 0.313. The standard InChI is InChI=1S/C21H16N4O6S/c1-14-19(9-10-30-14)21(26)15(11-22)12-24-32(2,29)18-6-4-17(5-7-18)31-20-8-3-16(13-23-20)25(27)28/h3-10,12-13H,1-2H3/b15-12+. The van der Waals surface area contributed by atoms with Crippen molar-refractivity contribution < 1.29 is 23.1 Å². The second-order valence-corrected chi connectivity index (χ2v) is 8.75. The van der Waals surface area contributed by atoms with Crippen LogP contribution < -0.4 is 4.74 Å². The first-order valence-electron chi connectivity index (χ1n) is 9.00. The maximum atomic E-state index is 13.0. The summed E-state index contributed by atoms with van der Waals surface area (Å²) in [7, 11) is -2.96. The van der Waals surface area contributed by atoms with Gasteiger partial charge in [0, 0.05) is 23.3 Å². The quantitative estimate of drug-likeness (QED) is 0.168. The molecule has 1 unspecified atom stereocenters. The predicted molar refractivity (Wildman–Crippen MR) is 114 cm³/mol. The Hall–Kier alpha value is -4.30. The van der Waals surface area contributed by atoms with Crippen LogP contribution >= 0.6 is 0 Å². The molecule has 10 nitrogen and oxygen atoms in total. The van der Waals surface area contributed by atoms with Gasteiger partial charge in [0.05, 0.1) is 32.7 Å². The fourth-order valence-electron chi connectivity index (χ4n) is 2.54. The van der Waals surface area contributed by atoms with Crippen LogP contribution in [0.3, 0.4) is 0 Å². The molecule has 32 heavy (non-hydrogen) atoms. The van der Waals surface area contributed by atoms with Gasteiger partial charge in [-0.05, 0) is 37.3 Å². The van der Waals surface area contributed by atoms with E-state index in [1.165, 1.54) is 55.0 Å². The van der Waals surface area contributed by atoms with Gasteiger partial charge in [0.15, 0.2) is 0 Å². The van der Waals surface area contributed by atoms with Crippen LogP contribution in [0.25, 0.3) is 0 Å². The third kappa shape index (κ3) is 5.05. The molecule has 162 valence electrons. The number of furan rings is 1. The first-order valence-corrected chi connectivity index (χ1v) is 10.9. The molecule has 3 aromatic rings. The second-order valence-electron chi connectivity index (χ2n) is 6.47. The van der Waals surface area contributed by atoms with Gasteiger partial charge in [0.2, 0.25) is 11.7 Å². The molecular formula is C21H16N4O6S. The largest absolute Gasteiger partial charge is 0.469 e. The highest BCUT2D eigenvalue weighted by Gasteiger charge is 2.17. The van der Waals surface area contributed by atoms with Crippen LogP contribution in [0.2, 0.25) is 0 Å². The van der Waals surface area contributed by atoms with Crippen molar-refractivity contribution in [2.45, 2.75) is 11.8 Å². The van der Waals surface area contributed by atoms with E-state index >= 15 is 0 Å². The summed E-state index contributed by atoms with van der Waals surface area (Å²) in [5.41, 5.74) is -0.198. The van der Waals surface area contributed by atoms with E-state index in [0.29, 0.717) is 16.4 Å². The number of nitro groups is 1. The molecule has 0 amide bonds. The lowest BCUT2D eigenvalue weighted by molar-refractivity contribution is -0.385. The number of hydrogen-bond donors (Lipinski definition) is 0. The van der Waals surface area contributed by atoms with E-state index in [4.69, 9.17) is 9.15 Å². The average molecular weight is 452 g/mol. The molecule has 2 heterocycles. The Bertz CT molecular complexity index is 1360. The summed E-state index contributed by atoms with van der Waals surface area (Å²) in [6.07, 6.45) is 4.79. The van der Waals surface area contributed by atoms with Crippen LogP contribution in [0.15, 0.2) is 80.4 Å². The molecule has 0 saturated carbocycles. The van der Waals surface area contributed by atoms with E-state index in [0.717, 1.165) is 12.4 Å². The molecule has 0 N–H and O–H groups in total. The van der Waals surface area contributed by atoms with Gasteiger partial charge in [0.25, 0.3) is 5.69 Å². The minimum atomic E-state index is -2.96. The van der Waals surface area contributed by atoms with Gasteiger partial charge in [-0.1, -0.05) is 0 Å². The van der Waals surface area contributed by atoms with Crippen LogP contribution in [0.1, 0.15) is 16.1 Å². The number of ether oxygens (including phenoxy) is 1. The predicted octanol–water partition coefficient (Wildman–Crippen LogP) is 4.43. The molecule has 0 fully saturated rings. The van der Waals surface area contributed by atoms with E-state index in [9.17, 15) is 24.4 Å². The maximum Gasteiger partial charge on any atom is 0.287 e. The van der Waals surface area contributed by atoms with Gasteiger partial charge < -0.3 is 9.15 Å². The lowest BCUT2D eigenvalue weighted by Gasteiger charge is -2.07. The van der Waals surface area contributed by atoms with Gasteiger partial charge in [0.1, 0.15) is 29.3 Å². The van der Waals surface area contributed by atoms with E-state index < -0.39 is 20.4 Å². The Morgan fingerprint density at radius 2 is 2.00 bits per heavy atom. The third-order valence-corrected chi connectivity index (χ3v) is 5.92. The highest BCUT2D eigenvalue weighted by atomic mass is 32.2. The Labute approximate surface area is 183 Å². The molecule has 0 aliphatic rings. The normalized spacial score (nSPS) is 13.0. The number of Topliss-reactive ketones (excluding diaryl/α,β-unsaturated/α-hetero) is 1. The Morgan fingerprint density at radius 1 is 1.28 bits per heavy atom. The van der Waals surface area contributed by atoms with E-state index in [1.807, 2.05) is 0 Å². The molecule has 0 aliphatic heterocycles. The SMILES string of the molecule is Cc1occc1C(=O)/C(C#N)=C/N=S(C)(=O)c1ccc(Oc2ccc([N+](=O)[O-])cn2)cc1. The molecule has 1 aromatic carbocycles. The lowest BCUT2D eigenvalue weighted by Crippen LogP contribution is -2.03. The van der Waals surface area contributed by atoms with Crippen LogP contribution in [0, 0.1) is 28.4 Å². The van der Waals surface area contributed by atoms with E-state index in [1.54, 1.807) is 13.0 Å². The highest BCUT2D eigenvalue weighted by molar-refractivity contribution is 7.93. The van der Waals surface area contributed by atoms with Crippen molar-refractivity contribution in [2.24, 2.45) is 4.36 Å². The smallest absolute Gasteiger partial charge is 0.287 e. The molecule has 0 spiro atoms. The van der Waals surface area contributed by atoms with Crippen molar-refractivity contribution in [2.75, 3.05) is 6.26 Å². The molecule has 11 heteroatoms. The Kier molecular flexibility index (Phi) is 6.46. The minimum Gasteiger partial charge on any atom is -0.469 e. The summed E-state index contributed by atoms with van der Waals surface area (Å²) in [4.78, 5) is 26.7. The van der Waals surface area contributed by atoms with Gasteiger partial charge in [-0.25, -0.2) is 13.6 Å². The first-order chi connectivity index (χ1) is 15.2. The summed E-state index contributed by atoms with van der Waals surface area (Å²) in [6.45, 7) is 1.60. The number of carbonyl (C=O) groups excluding carboxylic acids is 1. The molecular weight excluding hydrogens is 436 g/mol. The number of nitrogens with zero attached hydrogens (tertiary/aromatic N) is 4. The summed E-state index contributed by atoms with van der Waals surface area (Å²) in [6, 6.07) is 12.0. The van der Waals surface area contributed by atoms with Crippen molar-refractivity contribution in [3.05, 3.63) is 88.1 Å². The number of allylic oxidation sites excluding steroid dienone is 1. The molecule has 0 saturated heterocycles. The number of nitriles is 1. The van der Waals surface area contributed by atoms with E-state index in [2.05, 4.69) is 9.35 Å². The molecule has 0 bridgehead atoms. The van der Waals surface area contributed by atoms with Crippen molar-refractivity contribution >= 4 is 21.2 Å². The van der Waals surface area contributed by atoms with Gasteiger partial charge >= 0.3 is 0 Å².